The molecule has 0 aliphatic rings. The number of fused-ring (bicyclic) bond motifs is 6. The lowest BCUT2D eigenvalue weighted by Gasteiger charge is -1.95. The highest BCUT2D eigenvalue weighted by Gasteiger charge is 2.17. The van der Waals surface area contributed by atoms with Gasteiger partial charge in [-0.1, -0.05) is 0 Å². The average molecular weight is 339 g/mol. The van der Waals surface area contributed by atoms with Crippen molar-refractivity contribution in [1.29, 1.82) is 0 Å². The Balaban J connectivity index is 1.57. The van der Waals surface area contributed by atoms with E-state index in [4.69, 9.17) is 8.83 Å². The summed E-state index contributed by atoms with van der Waals surface area (Å²) in [6.45, 7) is 0. The van der Waals surface area contributed by atoms with Crippen LogP contribution in [-0.2, 0) is 0 Å². The van der Waals surface area contributed by atoms with Crippen LogP contribution < -0.4 is 4.57 Å². The number of aromatic nitrogens is 4. The summed E-state index contributed by atoms with van der Waals surface area (Å²) in [6, 6.07) is 11.7. The molecule has 0 radical (unpaired) electrons. The van der Waals surface area contributed by atoms with Crippen molar-refractivity contribution in [2.24, 2.45) is 0 Å². The minimum atomic E-state index is 0.587. The molecular weight excluding hydrogens is 328 g/mol. The van der Waals surface area contributed by atoms with Crippen LogP contribution in [-0.4, -0.2) is 15.0 Å². The molecule has 6 nitrogen and oxygen atoms in total. The molecule has 0 aliphatic heterocycles. The Bertz CT molecular complexity index is 1340. The minimum absolute atomic E-state index is 0.587. The fourth-order valence-electron chi connectivity index (χ4n) is 3.34. The van der Waals surface area contributed by atoms with Gasteiger partial charge in [-0.3, -0.25) is 4.98 Å². The van der Waals surface area contributed by atoms with Gasteiger partial charge in [0.2, 0.25) is 5.71 Å². The van der Waals surface area contributed by atoms with Gasteiger partial charge in [0.1, 0.15) is 11.8 Å². The van der Waals surface area contributed by atoms with Gasteiger partial charge in [-0.2, -0.15) is 4.57 Å². The highest BCUT2D eigenvalue weighted by Crippen LogP contribution is 2.28. The number of hydrogen-bond acceptors (Lipinski definition) is 5. The maximum absolute atomic E-state index is 5.86. The molecule has 0 aliphatic carbocycles. The predicted molar refractivity (Wildman–Crippen MR) is 95.9 cm³/mol. The first-order valence-corrected chi connectivity index (χ1v) is 8.19. The van der Waals surface area contributed by atoms with Crippen LogP contribution in [0.5, 0.6) is 0 Å². The number of pyridine rings is 4. The number of hydrogen-bond donors (Lipinski definition) is 0. The van der Waals surface area contributed by atoms with Gasteiger partial charge < -0.3 is 8.83 Å². The average Bonchev–Trinajstić information content (AvgIpc) is 3.24. The van der Waals surface area contributed by atoms with Gasteiger partial charge in [-0.15, -0.1) is 0 Å². The Morgan fingerprint density at radius 2 is 1.69 bits per heavy atom. The minimum Gasteiger partial charge on any atom is -0.434 e. The monoisotopic (exact) mass is 339 g/mol. The van der Waals surface area contributed by atoms with Gasteiger partial charge in [0, 0.05) is 35.4 Å². The van der Waals surface area contributed by atoms with Crippen molar-refractivity contribution in [2.45, 2.75) is 0 Å². The normalized spacial score (nSPS) is 11.8. The van der Waals surface area contributed by atoms with E-state index >= 15 is 0 Å². The second-order valence-electron chi connectivity index (χ2n) is 6.08. The fourth-order valence-corrected chi connectivity index (χ4v) is 3.34. The van der Waals surface area contributed by atoms with Crippen LogP contribution in [0.4, 0.5) is 0 Å². The van der Waals surface area contributed by atoms with E-state index in [1.165, 1.54) is 0 Å². The van der Waals surface area contributed by atoms with E-state index < -0.39 is 0 Å². The first-order chi connectivity index (χ1) is 12.9. The van der Waals surface area contributed by atoms with Gasteiger partial charge in [0.15, 0.2) is 5.58 Å². The highest BCUT2D eigenvalue weighted by molar-refractivity contribution is 6.03. The van der Waals surface area contributed by atoms with Crippen molar-refractivity contribution >= 4 is 44.1 Å². The summed E-state index contributed by atoms with van der Waals surface area (Å²) in [5.41, 5.74) is 2.76. The van der Waals surface area contributed by atoms with Crippen molar-refractivity contribution in [3.05, 3.63) is 67.4 Å². The Morgan fingerprint density at radius 3 is 2.69 bits per heavy atom. The summed E-state index contributed by atoms with van der Waals surface area (Å²) in [6.07, 6.45) is 9.11. The molecular formula is C20H11N4O2+. The van der Waals surface area contributed by atoms with Crippen molar-refractivity contribution in [2.75, 3.05) is 0 Å². The zero-order valence-corrected chi connectivity index (χ0v) is 13.5. The Labute approximate surface area is 146 Å². The zero-order chi connectivity index (χ0) is 17.1. The zero-order valence-electron chi connectivity index (χ0n) is 13.5. The molecule has 0 saturated heterocycles. The molecule has 122 valence electrons. The van der Waals surface area contributed by atoms with E-state index in [1.807, 2.05) is 53.4 Å². The van der Waals surface area contributed by atoms with Crippen LogP contribution in [0, 0.1) is 0 Å². The van der Waals surface area contributed by atoms with E-state index in [2.05, 4.69) is 15.0 Å². The fraction of sp³-hybridized carbons (Fsp3) is 0. The van der Waals surface area contributed by atoms with Crippen molar-refractivity contribution in [3.63, 3.8) is 0 Å². The largest absolute Gasteiger partial charge is 0.434 e. The molecule has 6 heteroatoms. The quantitative estimate of drug-likeness (QED) is 0.424. The van der Waals surface area contributed by atoms with Gasteiger partial charge in [0.25, 0.3) is 0 Å². The van der Waals surface area contributed by atoms with Crippen LogP contribution in [0.25, 0.3) is 50.0 Å². The van der Waals surface area contributed by atoms with Crippen LogP contribution >= 0.6 is 0 Å². The van der Waals surface area contributed by atoms with E-state index in [9.17, 15) is 0 Å². The molecule has 6 heterocycles. The highest BCUT2D eigenvalue weighted by atomic mass is 16.3. The number of rotatable bonds is 1. The maximum Gasteiger partial charge on any atom is 0.342 e. The van der Waals surface area contributed by atoms with Crippen molar-refractivity contribution in [3.8, 4) is 5.82 Å². The second-order valence-corrected chi connectivity index (χ2v) is 6.08. The first-order valence-electron chi connectivity index (χ1n) is 8.19. The third-order valence-electron chi connectivity index (χ3n) is 4.58. The number of nitrogens with zero attached hydrogens (tertiary/aromatic N) is 4. The third-order valence-corrected chi connectivity index (χ3v) is 4.58. The smallest absolute Gasteiger partial charge is 0.342 e. The van der Waals surface area contributed by atoms with Gasteiger partial charge in [-0.25, -0.2) is 4.98 Å². The molecule has 6 aromatic rings. The predicted octanol–water partition coefficient (Wildman–Crippen LogP) is 3.95. The van der Waals surface area contributed by atoms with Gasteiger partial charge in [-0.05, 0) is 35.3 Å². The standard InChI is InChI=1S/C20H11N4O2/c1-2-13-12-6-9-24(11-17(12)26-19(13)22-7-1)18-4-3-14-15-10-21-8-5-16(15)25-20(14)23-18/h1-11H/q+1. The van der Waals surface area contributed by atoms with Gasteiger partial charge in [0.05, 0.1) is 17.0 Å². The summed E-state index contributed by atoms with van der Waals surface area (Å²) in [5, 5.41) is 3.94. The van der Waals surface area contributed by atoms with Crippen molar-refractivity contribution < 1.29 is 13.4 Å². The summed E-state index contributed by atoms with van der Waals surface area (Å²) >= 11 is 0. The molecule has 6 rings (SSSR count). The Morgan fingerprint density at radius 1 is 0.769 bits per heavy atom. The molecule has 0 amide bonds. The van der Waals surface area contributed by atoms with E-state index in [0.29, 0.717) is 11.4 Å². The van der Waals surface area contributed by atoms with Crippen molar-refractivity contribution in [1.82, 2.24) is 15.0 Å². The van der Waals surface area contributed by atoms with E-state index in [-0.39, 0.29) is 0 Å². The summed E-state index contributed by atoms with van der Waals surface area (Å²) in [4.78, 5) is 13.1. The van der Waals surface area contributed by atoms with Crippen LogP contribution in [0.3, 0.4) is 0 Å². The SMILES string of the molecule is c1cnc2oc3c[n+](-c4ccc5c(n4)oc4ccncc45)ccc3c2c1. The molecule has 0 fully saturated rings. The topological polar surface area (TPSA) is 68.8 Å². The number of furan rings is 2. The first kappa shape index (κ1) is 13.5. The molecule has 0 atom stereocenters. The summed E-state index contributed by atoms with van der Waals surface area (Å²) in [5.74, 6) is 0.750. The molecule has 0 bridgehead atoms. The molecule has 26 heavy (non-hydrogen) atoms. The third kappa shape index (κ3) is 1.81. The van der Waals surface area contributed by atoms with E-state index in [1.54, 1.807) is 18.6 Å². The maximum atomic E-state index is 5.86. The summed E-state index contributed by atoms with van der Waals surface area (Å²) < 4.78 is 13.6. The molecule has 0 saturated carbocycles. The summed E-state index contributed by atoms with van der Waals surface area (Å²) in [7, 11) is 0. The lowest BCUT2D eigenvalue weighted by atomic mass is 10.2. The lowest BCUT2D eigenvalue weighted by Crippen LogP contribution is -2.30. The molecule has 0 unspecified atom stereocenters. The molecule has 0 N–H and O–H groups in total. The van der Waals surface area contributed by atoms with Crippen LogP contribution in [0.1, 0.15) is 0 Å². The second kappa shape index (κ2) is 4.86. The van der Waals surface area contributed by atoms with Gasteiger partial charge >= 0.3 is 11.5 Å². The molecule has 6 aromatic heterocycles. The van der Waals surface area contributed by atoms with Crippen LogP contribution in [0.2, 0.25) is 0 Å². The van der Waals surface area contributed by atoms with Crippen LogP contribution in [0.15, 0.2) is 76.2 Å². The lowest BCUT2D eigenvalue weighted by molar-refractivity contribution is -0.598. The molecule has 0 aromatic carbocycles. The van der Waals surface area contributed by atoms with E-state index in [0.717, 1.165) is 38.5 Å². The molecule has 0 spiro atoms. The Hall–Kier alpha value is -3.80. The Kier molecular flexibility index (Phi) is 2.52.